The third-order valence-corrected chi connectivity index (χ3v) is 5.40. The molecule has 3 nitrogen and oxygen atoms in total. The van der Waals surface area contributed by atoms with Crippen molar-refractivity contribution in [1.82, 2.24) is 4.90 Å². The van der Waals surface area contributed by atoms with Gasteiger partial charge in [-0.05, 0) is 37.7 Å². The maximum absolute atomic E-state index is 12.2. The van der Waals surface area contributed by atoms with Crippen LogP contribution in [0.15, 0.2) is 30.3 Å². The minimum absolute atomic E-state index is 0.00675. The van der Waals surface area contributed by atoms with Crippen LogP contribution in [0.5, 0.6) is 0 Å². The molecule has 1 aliphatic carbocycles. The van der Waals surface area contributed by atoms with Gasteiger partial charge in [-0.2, -0.15) is 0 Å². The van der Waals surface area contributed by atoms with Gasteiger partial charge in [0.1, 0.15) is 0 Å². The van der Waals surface area contributed by atoms with Gasteiger partial charge in [-0.1, -0.05) is 42.5 Å². The number of carbonyl (C=O) groups is 1. The van der Waals surface area contributed by atoms with E-state index in [4.69, 9.17) is 17.0 Å². The average molecular weight is 317 g/mol. The Labute approximate surface area is 137 Å². The molecule has 1 saturated carbocycles. The topological polar surface area (TPSA) is 29.5 Å². The van der Waals surface area contributed by atoms with Crippen LogP contribution in [-0.4, -0.2) is 35.6 Å². The summed E-state index contributed by atoms with van der Waals surface area (Å²) >= 11 is 5.55. The lowest BCUT2D eigenvalue weighted by Crippen LogP contribution is -2.31. The molecule has 3 rings (SSSR count). The Morgan fingerprint density at radius 2 is 2.09 bits per heavy atom. The van der Waals surface area contributed by atoms with Gasteiger partial charge in [-0.3, -0.25) is 4.79 Å². The van der Waals surface area contributed by atoms with E-state index in [1.165, 1.54) is 5.56 Å². The fraction of sp³-hybridized carbons (Fsp3) is 0.556. The number of hydrogen-bond acceptors (Lipinski definition) is 3. The Bertz CT molecular complexity index is 553. The Balaban J connectivity index is 1.58. The zero-order chi connectivity index (χ0) is 15.6. The minimum Gasteiger partial charge on any atom is -0.466 e. The Morgan fingerprint density at radius 3 is 2.73 bits per heavy atom. The van der Waals surface area contributed by atoms with Gasteiger partial charge >= 0.3 is 5.97 Å². The molecule has 0 N–H and O–H groups in total. The maximum atomic E-state index is 12.2. The first-order chi connectivity index (χ1) is 10.7. The molecule has 118 valence electrons. The molecule has 0 radical (unpaired) electrons. The van der Waals surface area contributed by atoms with Crippen LogP contribution in [0.3, 0.4) is 0 Å². The van der Waals surface area contributed by atoms with Crippen molar-refractivity contribution in [2.75, 3.05) is 19.7 Å². The molecule has 0 aromatic heterocycles. The lowest BCUT2D eigenvalue weighted by Gasteiger charge is -2.22. The van der Waals surface area contributed by atoms with Crippen LogP contribution in [0.1, 0.15) is 31.7 Å². The quantitative estimate of drug-likeness (QED) is 0.595. The van der Waals surface area contributed by atoms with Crippen LogP contribution in [0.4, 0.5) is 0 Å². The summed E-state index contributed by atoms with van der Waals surface area (Å²) in [7, 11) is 0. The van der Waals surface area contributed by atoms with Crippen molar-refractivity contribution >= 4 is 23.2 Å². The molecule has 1 aromatic carbocycles. The summed E-state index contributed by atoms with van der Waals surface area (Å²) in [6.07, 6.45) is 3.79. The fourth-order valence-electron chi connectivity index (χ4n) is 3.46. The first-order valence-electron chi connectivity index (χ1n) is 8.14. The highest BCUT2D eigenvalue weighted by Crippen LogP contribution is 2.56. The zero-order valence-corrected chi connectivity index (χ0v) is 13.9. The van der Waals surface area contributed by atoms with Gasteiger partial charge in [0, 0.05) is 19.5 Å². The Morgan fingerprint density at radius 1 is 1.36 bits per heavy atom. The molecule has 0 amide bonds. The SMILES string of the molecule is CCOC(=O)C1([C@@H]2CC(=S)N(CCc3ccccc3)C2)CC1. The van der Waals surface area contributed by atoms with Crippen molar-refractivity contribution in [2.45, 2.75) is 32.6 Å². The molecule has 0 spiro atoms. The second-order valence-corrected chi connectivity index (χ2v) is 6.82. The summed E-state index contributed by atoms with van der Waals surface area (Å²) in [6.45, 7) is 4.19. The summed E-state index contributed by atoms with van der Waals surface area (Å²) in [5, 5.41) is 0. The molecule has 2 fully saturated rings. The van der Waals surface area contributed by atoms with Crippen molar-refractivity contribution in [1.29, 1.82) is 0 Å². The lowest BCUT2D eigenvalue weighted by atomic mass is 9.88. The molecule has 0 unspecified atom stereocenters. The predicted octanol–water partition coefficient (Wildman–Crippen LogP) is 3.22. The van der Waals surface area contributed by atoms with Crippen molar-refractivity contribution in [3.05, 3.63) is 35.9 Å². The van der Waals surface area contributed by atoms with Gasteiger partial charge in [-0.15, -0.1) is 0 Å². The number of nitrogens with zero attached hydrogens (tertiary/aromatic N) is 1. The highest BCUT2D eigenvalue weighted by atomic mass is 32.1. The standard InChI is InChI=1S/C18H23NO2S/c1-2-21-17(20)18(9-10-18)15-12-16(22)19(13-15)11-8-14-6-4-3-5-7-14/h3-7,15H,2,8-13H2,1H3/t15-/m1/s1. The number of rotatable bonds is 6. The van der Waals surface area contributed by atoms with E-state index in [1.54, 1.807) is 0 Å². The van der Waals surface area contributed by atoms with E-state index in [0.29, 0.717) is 12.5 Å². The van der Waals surface area contributed by atoms with Gasteiger partial charge in [0.2, 0.25) is 0 Å². The van der Waals surface area contributed by atoms with Crippen molar-refractivity contribution < 1.29 is 9.53 Å². The molecule has 1 aliphatic heterocycles. The van der Waals surface area contributed by atoms with Crippen LogP contribution < -0.4 is 0 Å². The number of benzene rings is 1. The molecule has 1 saturated heterocycles. The van der Waals surface area contributed by atoms with E-state index in [0.717, 1.165) is 43.8 Å². The molecule has 4 heteroatoms. The van der Waals surface area contributed by atoms with Crippen molar-refractivity contribution in [3.63, 3.8) is 0 Å². The predicted molar refractivity (Wildman–Crippen MR) is 90.7 cm³/mol. The third kappa shape index (κ3) is 3.02. The highest BCUT2D eigenvalue weighted by Gasteiger charge is 2.58. The summed E-state index contributed by atoms with van der Waals surface area (Å²) < 4.78 is 5.28. The largest absolute Gasteiger partial charge is 0.466 e. The van der Waals surface area contributed by atoms with E-state index >= 15 is 0 Å². The van der Waals surface area contributed by atoms with E-state index in [9.17, 15) is 4.79 Å². The summed E-state index contributed by atoms with van der Waals surface area (Å²) in [6, 6.07) is 10.5. The molecule has 2 aliphatic rings. The van der Waals surface area contributed by atoms with Crippen LogP contribution in [0.2, 0.25) is 0 Å². The summed E-state index contributed by atoms with van der Waals surface area (Å²) in [5.41, 5.74) is 1.10. The molecule has 1 atom stereocenters. The van der Waals surface area contributed by atoms with Gasteiger partial charge in [0.15, 0.2) is 0 Å². The Hall–Kier alpha value is -1.42. The third-order valence-electron chi connectivity index (χ3n) is 4.98. The van der Waals surface area contributed by atoms with E-state index in [2.05, 4.69) is 29.2 Å². The number of likely N-dealkylation sites (tertiary alicyclic amines) is 1. The van der Waals surface area contributed by atoms with E-state index in [1.807, 2.05) is 13.0 Å². The average Bonchev–Trinajstić information content (AvgIpc) is 3.26. The van der Waals surface area contributed by atoms with Gasteiger partial charge in [0.05, 0.1) is 17.0 Å². The molecule has 1 heterocycles. The molecule has 22 heavy (non-hydrogen) atoms. The summed E-state index contributed by atoms with van der Waals surface area (Å²) in [4.78, 5) is 15.5. The van der Waals surface area contributed by atoms with Crippen LogP contribution in [0, 0.1) is 11.3 Å². The van der Waals surface area contributed by atoms with Gasteiger partial charge < -0.3 is 9.64 Å². The first-order valence-corrected chi connectivity index (χ1v) is 8.55. The molecular formula is C18H23NO2S. The van der Waals surface area contributed by atoms with E-state index < -0.39 is 0 Å². The normalized spacial score (nSPS) is 22.7. The lowest BCUT2D eigenvalue weighted by molar-refractivity contribution is -0.151. The van der Waals surface area contributed by atoms with Gasteiger partial charge in [-0.25, -0.2) is 0 Å². The van der Waals surface area contributed by atoms with Crippen LogP contribution in [0.25, 0.3) is 0 Å². The number of hydrogen-bond donors (Lipinski definition) is 0. The zero-order valence-electron chi connectivity index (χ0n) is 13.1. The number of carbonyl (C=O) groups excluding carboxylic acids is 1. The first kappa shape index (κ1) is 15.5. The van der Waals surface area contributed by atoms with Gasteiger partial charge in [0.25, 0.3) is 0 Å². The molecule has 1 aromatic rings. The number of esters is 1. The Kier molecular flexibility index (Phi) is 4.48. The number of thiocarbonyl (C=S) groups is 1. The number of ether oxygens (including phenoxy) is 1. The monoisotopic (exact) mass is 317 g/mol. The van der Waals surface area contributed by atoms with Crippen molar-refractivity contribution in [2.24, 2.45) is 11.3 Å². The second kappa shape index (κ2) is 6.37. The maximum Gasteiger partial charge on any atom is 0.312 e. The fourth-order valence-corrected chi connectivity index (χ4v) is 3.82. The smallest absolute Gasteiger partial charge is 0.312 e. The summed E-state index contributed by atoms with van der Waals surface area (Å²) in [5.74, 6) is 0.336. The highest BCUT2D eigenvalue weighted by molar-refractivity contribution is 7.80. The molecular weight excluding hydrogens is 294 g/mol. The van der Waals surface area contributed by atoms with E-state index in [-0.39, 0.29) is 11.4 Å². The van der Waals surface area contributed by atoms with Crippen molar-refractivity contribution in [3.8, 4) is 0 Å². The van der Waals surface area contributed by atoms with Crippen LogP contribution in [-0.2, 0) is 16.0 Å². The second-order valence-electron chi connectivity index (χ2n) is 6.35. The molecule has 0 bridgehead atoms. The van der Waals surface area contributed by atoms with Crippen LogP contribution >= 0.6 is 12.2 Å². The minimum atomic E-state index is -0.235.